The number of aliphatic hydroxyl groups excluding tert-OH is 1. The molecule has 7 heteroatoms. The van der Waals surface area contributed by atoms with Crippen molar-refractivity contribution in [1.29, 1.82) is 0 Å². The van der Waals surface area contributed by atoms with Crippen molar-refractivity contribution in [2.24, 2.45) is 0 Å². The molecule has 0 saturated heterocycles. The van der Waals surface area contributed by atoms with E-state index in [0.717, 1.165) is 16.0 Å². The number of fused-ring (bicyclic) bond motifs is 1. The van der Waals surface area contributed by atoms with Crippen molar-refractivity contribution in [3.63, 3.8) is 0 Å². The van der Waals surface area contributed by atoms with Crippen molar-refractivity contribution >= 4 is 41.0 Å². The number of aryl methyl sites for hydroxylation is 3. The van der Waals surface area contributed by atoms with Gasteiger partial charge in [0.2, 0.25) is 6.41 Å². The van der Waals surface area contributed by atoms with Crippen LogP contribution in [0.25, 0.3) is 10.8 Å². The first kappa shape index (κ1) is 25.8. The Morgan fingerprint density at radius 3 is 2.00 bits per heavy atom. The summed E-state index contributed by atoms with van der Waals surface area (Å²) in [4.78, 5) is 53.8. The van der Waals surface area contributed by atoms with Gasteiger partial charge in [0.05, 0.1) is 18.3 Å². The molecule has 3 amide bonds. The number of carbonyl (C=O) groups is 4. The predicted octanol–water partition coefficient (Wildman–Crippen LogP) is 4.22. The van der Waals surface area contributed by atoms with Crippen LogP contribution in [0.1, 0.15) is 61.1 Å². The summed E-state index contributed by atoms with van der Waals surface area (Å²) in [7, 11) is 1.60. The second-order valence-corrected chi connectivity index (χ2v) is 8.68. The molecule has 0 fully saturated rings. The van der Waals surface area contributed by atoms with Crippen molar-refractivity contribution in [3.8, 4) is 0 Å². The van der Waals surface area contributed by atoms with Crippen LogP contribution < -0.4 is 4.90 Å². The van der Waals surface area contributed by atoms with E-state index >= 15 is 0 Å². The summed E-state index contributed by atoms with van der Waals surface area (Å²) >= 11 is 0. The van der Waals surface area contributed by atoms with Gasteiger partial charge in [0, 0.05) is 29.1 Å². The largest absolute Gasteiger partial charge is 0.394 e. The number of anilines is 1. The molecule has 1 atom stereocenters. The normalized spacial score (nSPS) is 11.7. The van der Waals surface area contributed by atoms with Crippen LogP contribution in [-0.2, 0) is 4.79 Å². The van der Waals surface area contributed by atoms with Crippen LogP contribution >= 0.6 is 0 Å². The lowest BCUT2D eigenvalue weighted by Crippen LogP contribution is -2.39. The van der Waals surface area contributed by atoms with E-state index in [1.807, 2.05) is 39.0 Å². The summed E-state index contributed by atoms with van der Waals surface area (Å²) in [5, 5.41) is 10.5. The molecule has 7 nitrogen and oxygen atoms in total. The summed E-state index contributed by atoms with van der Waals surface area (Å²) in [6, 6.07) is 11.5. The van der Waals surface area contributed by atoms with E-state index in [2.05, 4.69) is 0 Å². The molecule has 0 saturated carbocycles. The van der Waals surface area contributed by atoms with Gasteiger partial charge in [-0.2, -0.15) is 0 Å². The molecule has 0 bridgehead atoms. The third-order valence-corrected chi connectivity index (χ3v) is 6.54. The van der Waals surface area contributed by atoms with Crippen LogP contribution in [0.2, 0.25) is 0 Å². The van der Waals surface area contributed by atoms with Gasteiger partial charge < -0.3 is 10.0 Å². The van der Waals surface area contributed by atoms with Gasteiger partial charge in [-0.15, -0.1) is 0 Å². The number of benzene rings is 3. The number of likely N-dealkylation sites (N-methyl/N-ethyl adjacent to an activating group) is 1. The van der Waals surface area contributed by atoms with Crippen LogP contribution in [-0.4, -0.2) is 54.2 Å². The molecule has 1 N–H and O–H groups in total. The summed E-state index contributed by atoms with van der Waals surface area (Å²) < 4.78 is 0. The highest BCUT2D eigenvalue weighted by atomic mass is 16.3. The zero-order chi connectivity index (χ0) is 25.9. The van der Waals surface area contributed by atoms with Gasteiger partial charge in [-0.25, -0.2) is 4.90 Å². The topological polar surface area (TPSA) is 95.0 Å². The molecule has 0 spiro atoms. The van der Waals surface area contributed by atoms with Gasteiger partial charge >= 0.3 is 0 Å². The van der Waals surface area contributed by atoms with E-state index in [0.29, 0.717) is 41.1 Å². The fourth-order valence-electron chi connectivity index (χ4n) is 4.55. The first-order valence-corrected chi connectivity index (χ1v) is 11.5. The van der Waals surface area contributed by atoms with Crippen molar-refractivity contribution < 1.29 is 24.3 Å². The molecule has 0 aromatic heterocycles. The van der Waals surface area contributed by atoms with Crippen molar-refractivity contribution in [2.45, 2.75) is 40.2 Å². The Morgan fingerprint density at radius 2 is 1.49 bits per heavy atom. The summed E-state index contributed by atoms with van der Waals surface area (Å²) in [6.07, 6.45) is 1.69. The molecule has 3 aromatic rings. The number of hydrogen-bond donors (Lipinski definition) is 1. The summed E-state index contributed by atoms with van der Waals surface area (Å²) in [5.41, 5.74) is 3.45. The third kappa shape index (κ3) is 4.59. The van der Waals surface area contributed by atoms with Crippen molar-refractivity contribution in [1.82, 2.24) is 4.90 Å². The minimum atomic E-state index is -0.553. The number of hydrogen-bond acceptors (Lipinski definition) is 5. The Kier molecular flexibility index (Phi) is 7.82. The summed E-state index contributed by atoms with van der Waals surface area (Å²) in [6.45, 7) is 7.11. The van der Waals surface area contributed by atoms with Crippen molar-refractivity contribution in [3.05, 3.63) is 75.8 Å². The van der Waals surface area contributed by atoms with Gasteiger partial charge in [0.25, 0.3) is 11.8 Å². The second-order valence-electron chi connectivity index (χ2n) is 8.68. The first-order chi connectivity index (χ1) is 16.7. The molecule has 0 aliphatic rings. The number of imide groups is 1. The zero-order valence-electron chi connectivity index (χ0n) is 20.7. The lowest BCUT2D eigenvalue weighted by atomic mass is 9.91. The maximum absolute atomic E-state index is 13.7. The maximum Gasteiger partial charge on any atom is 0.265 e. The monoisotopic (exact) mass is 474 g/mol. The Bertz CT molecular complexity index is 1290. The smallest absolute Gasteiger partial charge is 0.265 e. The van der Waals surface area contributed by atoms with E-state index in [1.165, 1.54) is 17.0 Å². The van der Waals surface area contributed by atoms with Gasteiger partial charge in [0.1, 0.15) is 0 Å². The molecule has 1 unspecified atom stereocenters. The number of amides is 3. The van der Waals surface area contributed by atoms with E-state index in [4.69, 9.17) is 0 Å². The molecule has 0 aliphatic carbocycles. The molecule has 0 heterocycles. The number of para-hydroxylation sites is 1. The quantitative estimate of drug-likeness (QED) is 0.493. The van der Waals surface area contributed by atoms with E-state index < -0.39 is 11.9 Å². The Hall–Kier alpha value is -3.84. The van der Waals surface area contributed by atoms with Crippen molar-refractivity contribution in [2.75, 3.05) is 18.6 Å². The van der Waals surface area contributed by atoms with E-state index in [-0.39, 0.29) is 29.2 Å². The van der Waals surface area contributed by atoms with Crippen LogP contribution in [0.4, 0.5) is 5.69 Å². The molecular weight excluding hydrogens is 444 g/mol. The molecule has 182 valence electrons. The van der Waals surface area contributed by atoms with Gasteiger partial charge in [-0.3, -0.25) is 19.2 Å². The Balaban J connectivity index is 2.29. The number of aldehydes is 1. The van der Waals surface area contributed by atoms with Gasteiger partial charge in [0.15, 0.2) is 6.29 Å². The average molecular weight is 475 g/mol. The molecule has 0 aliphatic heterocycles. The molecule has 0 radical (unpaired) electrons. The Morgan fingerprint density at radius 1 is 0.886 bits per heavy atom. The van der Waals surface area contributed by atoms with E-state index in [9.17, 15) is 24.3 Å². The van der Waals surface area contributed by atoms with E-state index in [1.54, 1.807) is 26.1 Å². The standard InChI is InChI=1S/C28H30N2O5/c1-6-21(15-32)29(5)27(34)23-13-12-22(24-17(2)10-11-20(14-31)25(23)24)28(35)30(16-33)26-18(3)8-7-9-19(26)4/h7-14,16,21,32H,6,15H2,1-5H3. The third-order valence-electron chi connectivity index (χ3n) is 6.54. The fourth-order valence-corrected chi connectivity index (χ4v) is 4.55. The maximum atomic E-state index is 13.7. The lowest BCUT2D eigenvalue weighted by Gasteiger charge is -2.27. The highest BCUT2D eigenvalue weighted by molar-refractivity contribution is 6.24. The minimum Gasteiger partial charge on any atom is -0.394 e. The molecule has 3 rings (SSSR count). The Labute approximate surface area is 205 Å². The first-order valence-electron chi connectivity index (χ1n) is 11.5. The van der Waals surface area contributed by atoms with Crippen LogP contribution in [0.5, 0.6) is 0 Å². The molecule has 35 heavy (non-hydrogen) atoms. The predicted molar refractivity (Wildman–Crippen MR) is 136 cm³/mol. The highest BCUT2D eigenvalue weighted by Crippen LogP contribution is 2.33. The molecule has 3 aromatic carbocycles. The molecular formula is C28H30N2O5. The van der Waals surface area contributed by atoms with Gasteiger partial charge in [-0.1, -0.05) is 37.3 Å². The SMILES string of the molecule is CCC(CO)N(C)C(=O)c1ccc(C(=O)N(C=O)c2c(C)cccc2C)c2c(C)ccc(C=O)c12. The zero-order valence-corrected chi connectivity index (χ0v) is 20.7. The number of carbonyl (C=O) groups excluding carboxylic acids is 4. The van der Waals surface area contributed by atoms with Crippen LogP contribution in [0.15, 0.2) is 42.5 Å². The van der Waals surface area contributed by atoms with Gasteiger partial charge in [-0.05, 0) is 61.4 Å². The number of rotatable bonds is 8. The fraction of sp³-hybridized carbons (Fsp3) is 0.286. The van der Waals surface area contributed by atoms with Crippen LogP contribution in [0.3, 0.4) is 0 Å². The highest BCUT2D eigenvalue weighted by Gasteiger charge is 2.27. The second kappa shape index (κ2) is 10.6. The lowest BCUT2D eigenvalue weighted by molar-refractivity contribution is -0.107. The van der Waals surface area contributed by atoms with Crippen LogP contribution in [0, 0.1) is 20.8 Å². The average Bonchev–Trinajstić information content (AvgIpc) is 2.86. The number of nitrogens with zero attached hydrogens (tertiary/aromatic N) is 2. The summed E-state index contributed by atoms with van der Waals surface area (Å²) in [5.74, 6) is -0.923. The minimum absolute atomic E-state index is 0.198. The number of aliphatic hydroxyl groups is 1.